The van der Waals surface area contributed by atoms with E-state index in [2.05, 4.69) is 10.6 Å². The van der Waals surface area contributed by atoms with Crippen LogP contribution < -0.4 is 10.6 Å². The summed E-state index contributed by atoms with van der Waals surface area (Å²) in [7, 11) is 0. The van der Waals surface area contributed by atoms with E-state index in [-0.39, 0.29) is 24.7 Å². The Bertz CT molecular complexity index is 640. The van der Waals surface area contributed by atoms with E-state index < -0.39 is 29.1 Å². The second kappa shape index (κ2) is 8.14. The lowest BCUT2D eigenvalue weighted by Gasteiger charge is -2.28. The summed E-state index contributed by atoms with van der Waals surface area (Å²) in [5.41, 5.74) is 0.461. The van der Waals surface area contributed by atoms with E-state index in [9.17, 15) is 18.8 Å². The molecule has 1 aromatic carbocycles. The standard InChI is InChI=1S/C16H19FN2O4S/c1-9(16(22)23)7-18-14(20)12-8-24-13(15(21)19-12)6-10-4-2-3-5-11(10)17/h2-5,9,12-13H,6-8H2,1H3,(H,18,20)(H,19,21)(H,22,23). The molecule has 3 N–H and O–H groups in total. The number of amides is 2. The van der Waals surface area contributed by atoms with Gasteiger partial charge in [0.25, 0.3) is 0 Å². The molecule has 8 heteroatoms. The molecule has 6 nitrogen and oxygen atoms in total. The average Bonchev–Trinajstić information content (AvgIpc) is 2.55. The van der Waals surface area contributed by atoms with Crippen molar-refractivity contribution in [2.45, 2.75) is 24.6 Å². The zero-order valence-corrected chi connectivity index (χ0v) is 13.9. The molecule has 1 aliphatic rings. The third-order valence-electron chi connectivity index (χ3n) is 3.76. The van der Waals surface area contributed by atoms with Crippen LogP contribution in [0, 0.1) is 11.7 Å². The fraction of sp³-hybridized carbons (Fsp3) is 0.438. The normalized spacial score (nSPS) is 21.7. The summed E-state index contributed by atoms with van der Waals surface area (Å²) < 4.78 is 13.7. The largest absolute Gasteiger partial charge is 0.481 e. The maximum atomic E-state index is 13.7. The van der Waals surface area contributed by atoms with Crippen molar-refractivity contribution in [3.8, 4) is 0 Å². The summed E-state index contributed by atoms with van der Waals surface area (Å²) in [6.07, 6.45) is 0.258. The highest BCUT2D eigenvalue weighted by molar-refractivity contribution is 8.00. The van der Waals surface area contributed by atoms with E-state index in [1.54, 1.807) is 18.2 Å². The van der Waals surface area contributed by atoms with Crippen molar-refractivity contribution in [2.75, 3.05) is 12.3 Å². The summed E-state index contributed by atoms with van der Waals surface area (Å²) in [6.45, 7) is 1.49. The highest BCUT2D eigenvalue weighted by Crippen LogP contribution is 2.23. The van der Waals surface area contributed by atoms with Gasteiger partial charge in [-0.2, -0.15) is 0 Å². The maximum absolute atomic E-state index is 13.7. The second-order valence-electron chi connectivity index (χ2n) is 5.66. The molecule has 0 saturated carbocycles. The first-order chi connectivity index (χ1) is 11.4. The Morgan fingerprint density at radius 3 is 2.79 bits per heavy atom. The minimum Gasteiger partial charge on any atom is -0.481 e. The van der Waals surface area contributed by atoms with Crippen molar-refractivity contribution in [3.63, 3.8) is 0 Å². The van der Waals surface area contributed by atoms with Gasteiger partial charge >= 0.3 is 5.97 Å². The quantitative estimate of drug-likeness (QED) is 0.703. The number of thioether (sulfide) groups is 1. The molecule has 0 spiro atoms. The smallest absolute Gasteiger partial charge is 0.308 e. The highest BCUT2D eigenvalue weighted by Gasteiger charge is 2.32. The van der Waals surface area contributed by atoms with Crippen LogP contribution >= 0.6 is 11.8 Å². The molecular formula is C16H19FN2O4S. The predicted octanol–water partition coefficient (Wildman–Crippen LogP) is 0.805. The minimum atomic E-state index is -0.998. The van der Waals surface area contributed by atoms with Gasteiger partial charge in [0.1, 0.15) is 11.9 Å². The number of nitrogens with one attached hydrogen (secondary N) is 2. The number of carbonyl (C=O) groups excluding carboxylic acids is 2. The molecule has 1 fully saturated rings. The van der Waals surface area contributed by atoms with Crippen molar-refractivity contribution in [2.24, 2.45) is 5.92 Å². The molecule has 1 aromatic rings. The Hall–Kier alpha value is -2.09. The summed E-state index contributed by atoms with van der Waals surface area (Å²) in [4.78, 5) is 34.9. The molecule has 0 aromatic heterocycles. The molecule has 3 atom stereocenters. The van der Waals surface area contributed by atoms with Gasteiger partial charge in [-0.15, -0.1) is 11.8 Å². The summed E-state index contributed by atoms with van der Waals surface area (Å²) in [5.74, 6) is -2.42. The number of hydrogen-bond acceptors (Lipinski definition) is 4. The highest BCUT2D eigenvalue weighted by atomic mass is 32.2. The number of carboxylic acids is 1. The topological polar surface area (TPSA) is 95.5 Å². The number of rotatable bonds is 6. The van der Waals surface area contributed by atoms with Gasteiger partial charge in [-0.25, -0.2) is 4.39 Å². The van der Waals surface area contributed by atoms with Crippen LogP contribution in [0.25, 0.3) is 0 Å². The zero-order chi connectivity index (χ0) is 17.7. The molecule has 0 radical (unpaired) electrons. The average molecular weight is 354 g/mol. The van der Waals surface area contributed by atoms with Crippen molar-refractivity contribution >= 4 is 29.5 Å². The van der Waals surface area contributed by atoms with Crippen LogP contribution in [0.5, 0.6) is 0 Å². The summed E-state index contributed by atoms with van der Waals surface area (Å²) in [6, 6.07) is 5.57. The molecule has 1 heterocycles. The van der Waals surface area contributed by atoms with Gasteiger partial charge in [0, 0.05) is 12.3 Å². The SMILES string of the molecule is CC(CNC(=O)C1CSC(Cc2ccccc2F)C(=O)N1)C(=O)O. The molecule has 1 saturated heterocycles. The molecule has 0 aliphatic carbocycles. The lowest BCUT2D eigenvalue weighted by molar-refractivity contribution is -0.141. The van der Waals surface area contributed by atoms with Gasteiger partial charge in [-0.1, -0.05) is 25.1 Å². The number of benzene rings is 1. The molecule has 24 heavy (non-hydrogen) atoms. The van der Waals surface area contributed by atoms with E-state index >= 15 is 0 Å². The monoisotopic (exact) mass is 354 g/mol. The Kier molecular flexibility index (Phi) is 6.19. The van der Waals surface area contributed by atoms with Gasteiger partial charge in [-0.3, -0.25) is 14.4 Å². The third kappa shape index (κ3) is 4.70. The van der Waals surface area contributed by atoms with Gasteiger partial charge in [0.2, 0.25) is 11.8 Å². The molecular weight excluding hydrogens is 335 g/mol. The maximum Gasteiger partial charge on any atom is 0.308 e. The van der Waals surface area contributed by atoms with Crippen molar-refractivity contribution in [1.82, 2.24) is 10.6 Å². The van der Waals surface area contributed by atoms with Crippen molar-refractivity contribution < 1.29 is 23.9 Å². The molecule has 2 amide bonds. The van der Waals surface area contributed by atoms with Crippen LogP contribution in [0.2, 0.25) is 0 Å². The number of halogens is 1. The Morgan fingerprint density at radius 1 is 1.46 bits per heavy atom. The zero-order valence-electron chi connectivity index (χ0n) is 13.1. The number of carbonyl (C=O) groups is 3. The van der Waals surface area contributed by atoms with E-state index in [1.165, 1.54) is 24.8 Å². The molecule has 1 aliphatic heterocycles. The number of aliphatic carboxylic acids is 1. The Labute approximate surface area is 143 Å². The van der Waals surface area contributed by atoms with E-state index in [0.29, 0.717) is 11.3 Å². The van der Waals surface area contributed by atoms with E-state index in [4.69, 9.17) is 5.11 Å². The first kappa shape index (κ1) is 18.3. The van der Waals surface area contributed by atoms with Crippen LogP contribution in [0.4, 0.5) is 4.39 Å². The van der Waals surface area contributed by atoms with Crippen molar-refractivity contribution in [3.05, 3.63) is 35.6 Å². The first-order valence-electron chi connectivity index (χ1n) is 7.54. The van der Waals surface area contributed by atoms with Crippen LogP contribution in [0.1, 0.15) is 12.5 Å². The van der Waals surface area contributed by atoms with Crippen LogP contribution in [0.3, 0.4) is 0 Å². The molecule has 3 unspecified atom stereocenters. The Balaban J connectivity index is 1.86. The number of carboxylic acid groups (broad SMARTS) is 1. The van der Waals surface area contributed by atoms with Crippen LogP contribution in [0.15, 0.2) is 24.3 Å². The van der Waals surface area contributed by atoms with Gasteiger partial charge < -0.3 is 15.7 Å². The van der Waals surface area contributed by atoms with Gasteiger partial charge in [-0.05, 0) is 18.1 Å². The van der Waals surface area contributed by atoms with Crippen LogP contribution in [-0.4, -0.2) is 46.5 Å². The second-order valence-corrected chi connectivity index (χ2v) is 6.90. The van der Waals surface area contributed by atoms with E-state index in [1.807, 2.05) is 0 Å². The summed E-state index contributed by atoms with van der Waals surface area (Å²) in [5, 5.41) is 13.5. The predicted molar refractivity (Wildman–Crippen MR) is 88.1 cm³/mol. The first-order valence-corrected chi connectivity index (χ1v) is 8.59. The number of hydrogen-bond donors (Lipinski definition) is 3. The molecule has 0 bridgehead atoms. The van der Waals surface area contributed by atoms with E-state index in [0.717, 1.165) is 0 Å². The van der Waals surface area contributed by atoms with Gasteiger partial charge in [0.15, 0.2) is 0 Å². The fourth-order valence-corrected chi connectivity index (χ4v) is 3.39. The fourth-order valence-electron chi connectivity index (χ4n) is 2.22. The lowest BCUT2D eigenvalue weighted by atomic mass is 10.1. The lowest BCUT2D eigenvalue weighted by Crippen LogP contribution is -2.55. The van der Waals surface area contributed by atoms with Crippen LogP contribution in [-0.2, 0) is 20.8 Å². The third-order valence-corrected chi connectivity index (χ3v) is 5.07. The minimum absolute atomic E-state index is 0.00383. The summed E-state index contributed by atoms with van der Waals surface area (Å²) >= 11 is 1.30. The molecule has 2 rings (SSSR count). The van der Waals surface area contributed by atoms with Gasteiger partial charge in [0.05, 0.1) is 11.2 Å². The molecule has 130 valence electrons. The van der Waals surface area contributed by atoms with Crippen molar-refractivity contribution in [1.29, 1.82) is 0 Å². The Morgan fingerprint density at radius 2 is 2.17 bits per heavy atom.